The Bertz CT molecular complexity index is 680. The summed E-state index contributed by atoms with van der Waals surface area (Å²) in [5, 5.41) is 15.3. The smallest absolute Gasteiger partial charge is 0.419 e. The number of pyridine rings is 1. The third-order valence-corrected chi connectivity index (χ3v) is 3.34. The molecule has 5 nitrogen and oxygen atoms in total. The van der Waals surface area contributed by atoms with E-state index in [-0.39, 0.29) is 31.3 Å². The van der Waals surface area contributed by atoms with Gasteiger partial charge >= 0.3 is 6.18 Å². The molecule has 0 unspecified atom stereocenters. The molecule has 0 saturated heterocycles. The van der Waals surface area contributed by atoms with Gasteiger partial charge in [0.2, 0.25) is 0 Å². The number of anilines is 1. The van der Waals surface area contributed by atoms with E-state index in [1.54, 1.807) is 0 Å². The SMILES string of the molecule is O[C@H](CNCCNc1ncccc1C(F)(F)F)COc1ccc(F)cc1. The molecule has 0 saturated carbocycles. The molecule has 0 spiro atoms. The molecule has 1 atom stereocenters. The molecular weight excluding hydrogens is 354 g/mol. The van der Waals surface area contributed by atoms with Crippen molar-refractivity contribution in [1.29, 1.82) is 0 Å². The van der Waals surface area contributed by atoms with Gasteiger partial charge in [0.1, 0.15) is 30.1 Å². The molecule has 0 aliphatic rings. The van der Waals surface area contributed by atoms with E-state index in [0.717, 1.165) is 6.07 Å². The van der Waals surface area contributed by atoms with E-state index in [0.29, 0.717) is 12.3 Å². The third-order valence-electron chi connectivity index (χ3n) is 3.34. The fourth-order valence-corrected chi connectivity index (χ4v) is 2.10. The first-order chi connectivity index (χ1) is 12.4. The van der Waals surface area contributed by atoms with Crippen LogP contribution in [0, 0.1) is 5.82 Å². The average molecular weight is 373 g/mol. The van der Waals surface area contributed by atoms with E-state index in [4.69, 9.17) is 4.74 Å². The number of aliphatic hydroxyl groups excluding tert-OH is 1. The summed E-state index contributed by atoms with van der Waals surface area (Å²) in [6, 6.07) is 7.58. The maximum absolute atomic E-state index is 12.8. The summed E-state index contributed by atoms with van der Waals surface area (Å²) < 4.78 is 56.5. The van der Waals surface area contributed by atoms with Crippen LogP contribution in [0.25, 0.3) is 0 Å². The second-order valence-corrected chi connectivity index (χ2v) is 5.45. The molecule has 2 aromatic rings. The minimum atomic E-state index is -4.47. The molecule has 0 bridgehead atoms. The van der Waals surface area contributed by atoms with Gasteiger partial charge in [-0.05, 0) is 36.4 Å². The van der Waals surface area contributed by atoms with Crippen LogP contribution >= 0.6 is 0 Å². The molecule has 142 valence electrons. The van der Waals surface area contributed by atoms with Crippen molar-refractivity contribution >= 4 is 5.82 Å². The van der Waals surface area contributed by atoms with Crippen molar-refractivity contribution in [1.82, 2.24) is 10.3 Å². The summed E-state index contributed by atoms with van der Waals surface area (Å²) >= 11 is 0. The van der Waals surface area contributed by atoms with Crippen LogP contribution in [0.1, 0.15) is 5.56 Å². The number of nitrogens with zero attached hydrogens (tertiary/aromatic N) is 1. The van der Waals surface area contributed by atoms with Crippen LogP contribution in [0.3, 0.4) is 0 Å². The highest BCUT2D eigenvalue weighted by molar-refractivity contribution is 5.45. The number of halogens is 4. The van der Waals surface area contributed by atoms with Gasteiger partial charge in [0.15, 0.2) is 0 Å². The number of rotatable bonds is 9. The Morgan fingerprint density at radius 1 is 1.12 bits per heavy atom. The molecule has 0 fully saturated rings. The highest BCUT2D eigenvalue weighted by atomic mass is 19.4. The fourth-order valence-electron chi connectivity index (χ4n) is 2.10. The van der Waals surface area contributed by atoms with Crippen LogP contribution in [-0.2, 0) is 6.18 Å². The Kier molecular flexibility index (Phi) is 7.16. The van der Waals surface area contributed by atoms with Crippen LogP contribution in [0.2, 0.25) is 0 Å². The first kappa shape index (κ1) is 19.9. The Balaban J connectivity index is 1.65. The van der Waals surface area contributed by atoms with Crippen molar-refractivity contribution in [2.75, 3.05) is 31.6 Å². The molecule has 0 amide bonds. The fraction of sp³-hybridized carbons (Fsp3) is 0.353. The highest BCUT2D eigenvalue weighted by Crippen LogP contribution is 2.33. The minimum Gasteiger partial charge on any atom is -0.491 e. The molecule has 26 heavy (non-hydrogen) atoms. The van der Waals surface area contributed by atoms with Crippen molar-refractivity contribution in [2.24, 2.45) is 0 Å². The van der Waals surface area contributed by atoms with Gasteiger partial charge in [-0.3, -0.25) is 0 Å². The Labute approximate surface area is 148 Å². The van der Waals surface area contributed by atoms with E-state index in [1.807, 2.05) is 0 Å². The van der Waals surface area contributed by atoms with E-state index in [2.05, 4.69) is 15.6 Å². The molecule has 0 aliphatic heterocycles. The number of aromatic nitrogens is 1. The van der Waals surface area contributed by atoms with Crippen molar-refractivity contribution in [3.63, 3.8) is 0 Å². The summed E-state index contributed by atoms with van der Waals surface area (Å²) in [5.74, 6) is -0.183. The molecule has 1 aromatic carbocycles. The number of ether oxygens (including phenoxy) is 1. The molecular formula is C17H19F4N3O2. The van der Waals surface area contributed by atoms with Gasteiger partial charge in [0, 0.05) is 25.8 Å². The molecule has 9 heteroatoms. The molecule has 1 aromatic heterocycles. The lowest BCUT2D eigenvalue weighted by molar-refractivity contribution is -0.137. The van der Waals surface area contributed by atoms with Gasteiger partial charge in [-0.25, -0.2) is 9.37 Å². The van der Waals surface area contributed by atoms with Crippen LogP contribution in [0.4, 0.5) is 23.4 Å². The number of hydrogen-bond acceptors (Lipinski definition) is 5. The van der Waals surface area contributed by atoms with Gasteiger partial charge in [0.05, 0.1) is 5.56 Å². The summed E-state index contributed by atoms with van der Waals surface area (Å²) in [7, 11) is 0. The lowest BCUT2D eigenvalue weighted by atomic mass is 10.2. The van der Waals surface area contributed by atoms with Crippen LogP contribution in [0.5, 0.6) is 5.75 Å². The zero-order valence-electron chi connectivity index (χ0n) is 13.8. The lowest BCUT2D eigenvalue weighted by Gasteiger charge is -2.15. The topological polar surface area (TPSA) is 66.4 Å². The molecule has 1 heterocycles. The number of aliphatic hydroxyl groups is 1. The Morgan fingerprint density at radius 2 is 1.85 bits per heavy atom. The van der Waals surface area contributed by atoms with E-state index >= 15 is 0 Å². The number of benzene rings is 1. The zero-order chi connectivity index (χ0) is 19.0. The molecule has 2 rings (SSSR count). The number of alkyl halides is 3. The standard InChI is InChI=1S/C17H19F4N3O2/c18-12-3-5-14(6-4-12)26-11-13(25)10-22-8-9-24-16-15(17(19,20)21)2-1-7-23-16/h1-7,13,22,25H,8-11H2,(H,23,24)/t13-/m1/s1. The van der Waals surface area contributed by atoms with E-state index in [1.165, 1.54) is 36.5 Å². The normalized spacial score (nSPS) is 12.7. The van der Waals surface area contributed by atoms with Gasteiger partial charge in [0.25, 0.3) is 0 Å². The van der Waals surface area contributed by atoms with Crippen molar-refractivity contribution in [3.8, 4) is 5.75 Å². The highest BCUT2D eigenvalue weighted by Gasteiger charge is 2.33. The maximum atomic E-state index is 12.8. The summed E-state index contributed by atoms with van der Waals surface area (Å²) in [5.41, 5.74) is -0.826. The lowest BCUT2D eigenvalue weighted by Crippen LogP contribution is -2.34. The van der Waals surface area contributed by atoms with Gasteiger partial charge < -0.3 is 20.5 Å². The van der Waals surface area contributed by atoms with Crippen LogP contribution < -0.4 is 15.4 Å². The predicted molar refractivity (Wildman–Crippen MR) is 88.5 cm³/mol. The van der Waals surface area contributed by atoms with Crippen LogP contribution in [-0.4, -0.2) is 42.4 Å². The maximum Gasteiger partial charge on any atom is 0.419 e. The minimum absolute atomic E-state index is 0.00449. The Morgan fingerprint density at radius 3 is 2.54 bits per heavy atom. The van der Waals surface area contributed by atoms with Gasteiger partial charge in [-0.15, -0.1) is 0 Å². The largest absolute Gasteiger partial charge is 0.491 e. The quantitative estimate of drug-likeness (QED) is 0.466. The molecule has 3 N–H and O–H groups in total. The van der Waals surface area contributed by atoms with Crippen molar-refractivity contribution in [3.05, 3.63) is 54.0 Å². The summed E-state index contributed by atoms with van der Waals surface area (Å²) in [6.07, 6.45) is -4.01. The summed E-state index contributed by atoms with van der Waals surface area (Å²) in [4.78, 5) is 3.69. The van der Waals surface area contributed by atoms with Crippen LogP contribution in [0.15, 0.2) is 42.6 Å². The summed E-state index contributed by atoms with van der Waals surface area (Å²) in [6.45, 7) is 0.717. The van der Waals surface area contributed by atoms with Crippen molar-refractivity contribution in [2.45, 2.75) is 12.3 Å². The van der Waals surface area contributed by atoms with E-state index in [9.17, 15) is 22.7 Å². The number of hydrogen-bond donors (Lipinski definition) is 3. The second-order valence-electron chi connectivity index (χ2n) is 5.45. The van der Waals surface area contributed by atoms with E-state index < -0.39 is 17.8 Å². The monoisotopic (exact) mass is 373 g/mol. The zero-order valence-corrected chi connectivity index (χ0v) is 13.8. The first-order valence-electron chi connectivity index (χ1n) is 7.89. The molecule has 0 radical (unpaired) electrons. The van der Waals surface area contributed by atoms with Gasteiger partial charge in [-0.2, -0.15) is 13.2 Å². The third kappa shape index (κ3) is 6.49. The van der Waals surface area contributed by atoms with Crippen molar-refractivity contribution < 1.29 is 27.4 Å². The van der Waals surface area contributed by atoms with Gasteiger partial charge in [-0.1, -0.05) is 0 Å². The second kappa shape index (κ2) is 9.35. The average Bonchev–Trinajstić information content (AvgIpc) is 2.60. The number of nitrogens with one attached hydrogen (secondary N) is 2. The first-order valence-corrected chi connectivity index (χ1v) is 7.89. The molecule has 0 aliphatic carbocycles. The Hall–Kier alpha value is -2.39. The predicted octanol–water partition coefficient (Wildman–Crippen LogP) is 2.68.